The van der Waals surface area contributed by atoms with E-state index in [0.29, 0.717) is 5.75 Å². The number of carboxylic acid groups (broad SMARTS) is 1. The minimum Gasteiger partial charge on any atom is -0.481 e. The van der Waals surface area contributed by atoms with Crippen LogP contribution in [0.2, 0.25) is 0 Å². The number of carbonyl (C=O) groups excluding carboxylic acids is 2. The number of rotatable bonds is 5. The van der Waals surface area contributed by atoms with Crippen molar-refractivity contribution in [3.8, 4) is 0 Å². The molecule has 6 heteroatoms. The maximum Gasteiger partial charge on any atom is 0.307 e. The lowest BCUT2D eigenvalue weighted by Gasteiger charge is -2.29. The van der Waals surface area contributed by atoms with Gasteiger partial charge in [0.15, 0.2) is 0 Å². The third-order valence-electron chi connectivity index (χ3n) is 4.05. The predicted molar refractivity (Wildman–Crippen MR) is 76.4 cm³/mol. The molecule has 112 valence electrons. The number of amides is 2. The summed E-state index contributed by atoms with van der Waals surface area (Å²) in [5.41, 5.74) is 0. The van der Waals surface area contributed by atoms with E-state index in [2.05, 4.69) is 0 Å². The number of hydrogen-bond donors (Lipinski definition) is 1. The number of carboxylic acids is 1. The number of hydrogen-bond acceptors (Lipinski definition) is 4. The average Bonchev–Trinajstić information content (AvgIpc) is 2.71. The fourth-order valence-corrected chi connectivity index (χ4v) is 3.99. The second-order valence-electron chi connectivity index (χ2n) is 5.66. The summed E-state index contributed by atoms with van der Waals surface area (Å²) in [6.07, 6.45) is 5.40. The van der Waals surface area contributed by atoms with Gasteiger partial charge in [-0.15, -0.1) is 11.8 Å². The van der Waals surface area contributed by atoms with E-state index in [1.165, 1.54) is 23.1 Å². The van der Waals surface area contributed by atoms with Crippen molar-refractivity contribution < 1.29 is 19.5 Å². The maximum absolute atomic E-state index is 12.3. The predicted octanol–water partition coefficient (Wildman–Crippen LogP) is 1.90. The Morgan fingerprint density at radius 1 is 1.35 bits per heavy atom. The normalized spacial score (nSPS) is 26.1. The highest BCUT2D eigenvalue weighted by atomic mass is 32.2. The van der Waals surface area contributed by atoms with E-state index in [-0.39, 0.29) is 29.5 Å². The molecule has 20 heavy (non-hydrogen) atoms. The van der Waals surface area contributed by atoms with Gasteiger partial charge in [-0.2, -0.15) is 0 Å². The van der Waals surface area contributed by atoms with E-state index in [9.17, 15) is 14.4 Å². The summed E-state index contributed by atoms with van der Waals surface area (Å²) in [4.78, 5) is 36.6. The summed E-state index contributed by atoms with van der Waals surface area (Å²) >= 11 is 1.31. The van der Waals surface area contributed by atoms with Gasteiger partial charge in [-0.1, -0.05) is 26.2 Å². The van der Waals surface area contributed by atoms with Gasteiger partial charge in [-0.3, -0.25) is 19.3 Å². The minimum absolute atomic E-state index is 0.0752. The lowest BCUT2D eigenvalue weighted by Crippen LogP contribution is -2.41. The molecular formula is C14H21NO4S. The number of thioether (sulfide) groups is 1. The quantitative estimate of drug-likeness (QED) is 0.785. The molecule has 0 bridgehead atoms. The van der Waals surface area contributed by atoms with E-state index in [4.69, 9.17) is 5.11 Å². The molecule has 0 spiro atoms. The van der Waals surface area contributed by atoms with Gasteiger partial charge >= 0.3 is 5.97 Å². The Balaban J connectivity index is 1.92. The zero-order chi connectivity index (χ0) is 14.7. The maximum atomic E-state index is 12.3. The Bertz CT molecular complexity index is 406. The molecule has 1 aliphatic carbocycles. The molecule has 2 fully saturated rings. The third-order valence-corrected chi connectivity index (χ3v) is 5.51. The summed E-state index contributed by atoms with van der Waals surface area (Å²) in [6, 6.07) is 0.0752. The Morgan fingerprint density at radius 3 is 2.60 bits per heavy atom. The van der Waals surface area contributed by atoms with Crippen molar-refractivity contribution in [2.24, 2.45) is 5.92 Å². The van der Waals surface area contributed by atoms with Crippen LogP contribution in [-0.2, 0) is 14.4 Å². The second-order valence-corrected chi connectivity index (χ2v) is 6.89. The number of likely N-dealkylation sites (tertiary alicyclic amines) is 1. The molecule has 0 aromatic carbocycles. The van der Waals surface area contributed by atoms with E-state index >= 15 is 0 Å². The van der Waals surface area contributed by atoms with Crippen LogP contribution in [0.3, 0.4) is 0 Å². The van der Waals surface area contributed by atoms with Crippen LogP contribution in [0.4, 0.5) is 0 Å². The van der Waals surface area contributed by atoms with Gasteiger partial charge in [-0.05, 0) is 12.8 Å². The fraction of sp³-hybridized carbons (Fsp3) is 0.786. The van der Waals surface area contributed by atoms with Crippen LogP contribution < -0.4 is 0 Å². The van der Waals surface area contributed by atoms with Crippen molar-refractivity contribution in [3.63, 3.8) is 0 Å². The van der Waals surface area contributed by atoms with E-state index < -0.39 is 11.9 Å². The van der Waals surface area contributed by atoms with Crippen LogP contribution in [0, 0.1) is 5.92 Å². The summed E-state index contributed by atoms with van der Waals surface area (Å²) in [6.45, 7) is 1.62. The molecule has 2 unspecified atom stereocenters. The zero-order valence-corrected chi connectivity index (χ0v) is 12.5. The van der Waals surface area contributed by atoms with E-state index in [1.807, 2.05) is 0 Å². The largest absolute Gasteiger partial charge is 0.481 e. The molecule has 0 aromatic rings. The highest BCUT2D eigenvalue weighted by molar-refractivity contribution is 8.00. The summed E-state index contributed by atoms with van der Waals surface area (Å²) < 4.78 is 0. The van der Waals surface area contributed by atoms with Gasteiger partial charge in [0, 0.05) is 18.2 Å². The SMILES string of the molecule is CC(CSC1CC(=O)N(C2CCCCC2)C1=O)C(=O)O. The van der Waals surface area contributed by atoms with Crippen LogP contribution >= 0.6 is 11.8 Å². The third kappa shape index (κ3) is 3.34. The molecule has 2 atom stereocenters. The van der Waals surface area contributed by atoms with Crippen LogP contribution in [0.1, 0.15) is 45.4 Å². The summed E-state index contributed by atoms with van der Waals surface area (Å²) in [7, 11) is 0. The molecule has 1 heterocycles. The zero-order valence-electron chi connectivity index (χ0n) is 11.7. The summed E-state index contributed by atoms with van der Waals surface area (Å²) in [5, 5.41) is 8.47. The first kappa shape index (κ1) is 15.4. The molecule has 1 saturated heterocycles. The van der Waals surface area contributed by atoms with Crippen molar-refractivity contribution >= 4 is 29.5 Å². The first-order chi connectivity index (χ1) is 9.50. The van der Waals surface area contributed by atoms with Crippen molar-refractivity contribution in [1.29, 1.82) is 0 Å². The Kier molecular flexibility index (Phi) is 5.07. The first-order valence-electron chi connectivity index (χ1n) is 7.21. The molecule has 5 nitrogen and oxygen atoms in total. The first-order valence-corrected chi connectivity index (χ1v) is 8.26. The van der Waals surface area contributed by atoms with Crippen LogP contribution in [0.25, 0.3) is 0 Å². The Morgan fingerprint density at radius 2 is 2.00 bits per heavy atom. The Hall–Kier alpha value is -1.04. The minimum atomic E-state index is -0.863. The highest BCUT2D eigenvalue weighted by Crippen LogP contribution is 2.32. The number of imide groups is 1. The molecule has 0 aromatic heterocycles. The second kappa shape index (κ2) is 6.61. The Labute approximate surface area is 123 Å². The smallest absolute Gasteiger partial charge is 0.307 e. The molecule has 1 N–H and O–H groups in total. The lowest BCUT2D eigenvalue weighted by atomic mass is 9.94. The lowest BCUT2D eigenvalue weighted by molar-refractivity contribution is -0.142. The molecule has 0 radical (unpaired) electrons. The molecule has 1 aliphatic heterocycles. The van der Waals surface area contributed by atoms with Crippen molar-refractivity contribution in [3.05, 3.63) is 0 Å². The van der Waals surface area contributed by atoms with Gasteiger partial charge < -0.3 is 5.11 Å². The van der Waals surface area contributed by atoms with Gasteiger partial charge in [0.05, 0.1) is 11.2 Å². The van der Waals surface area contributed by atoms with Crippen LogP contribution in [0.5, 0.6) is 0 Å². The van der Waals surface area contributed by atoms with Crippen molar-refractivity contribution in [2.45, 2.75) is 56.7 Å². The van der Waals surface area contributed by atoms with Crippen molar-refractivity contribution in [2.75, 3.05) is 5.75 Å². The molecule has 2 rings (SSSR count). The highest BCUT2D eigenvalue weighted by Gasteiger charge is 2.42. The number of carbonyl (C=O) groups is 3. The van der Waals surface area contributed by atoms with Crippen molar-refractivity contribution in [1.82, 2.24) is 4.90 Å². The molecular weight excluding hydrogens is 278 g/mol. The number of aliphatic carboxylic acids is 1. The van der Waals surface area contributed by atoms with Crippen LogP contribution in [-0.4, -0.2) is 44.8 Å². The van der Waals surface area contributed by atoms with Gasteiger partial charge in [0.25, 0.3) is 0 Å². The molecule has 2 aliphatic rings. The van der Waals surface area contributed by atoms with Gasteiger partial charge in [-0.25, -0.2) is 0 Å². The van der Waals surface area contributed by atoms with E-state index in [0.717, 1.165) is 25.7 Å². The number of nitrogens with zero attached hydrogens (tertiary/aromatic N) is 1. The molecule has 2 amide bonds. The average molecular weight is 299 g/mol. The fourth-order valence-electron chi connectivity index (χ4n) is 2.81. The monoisotopic (exact) mass is 299 g/mol. The van der Waals surface area contributed by atoms with Crippen LogP contribution in [0.15, 0.2) is 0 Å². The summed E-state index contributed by atoms with van der Waals surface area (Å²) in [5.74, 6) is -1.17. The standard InChI is InChI=1S/C14H21NO4S/c1-9(14(18)19)8-20-11-7-12(16)15(13(11)17)10-5-3-2-4-6-10/h9-11H,2-8H2,1H3,(H,18,19). The van der Waals surface area contributed by atoms with Gasteiger partial charge in [0.1, 0.15) is 0 Å². The van der Waals surface area contributed by atoms with E-state index in [1.54, 1.807) is 6.92 Å². The van der Waals surface area contributed by atoms with Gasteiger partial charge in [0.2, 0.25) is 11.8 Å². The molecule has 1 saturated carbocycles. The topological polar surface area (TPSA) is 74.7 Å².